The van der Waals surface area contributed by atoms with Crippen LogP contribution in [0.2, 0.25) is 0 Å². The summed E-state index contributed by atoms with van der Waals surface area (Å²) in [5.74, 6) is -0.908. The third-order valence-corrected chi connectivity index (χ3v) is 4.45. The second-order valence-corrected chi connectivity index (χ2v) is 6.56. The molecule has 3 aromatic rings. The number of amides is 1. The lowest BCUT2D eigenvalue weighted by Gasteiger charge is -2.23. The van der Waals surface area contributed by atoms with Crippen LogP contribution in [0, 0.1) is 5.21 Å². The topological polar surface area (TPSA) is 73.6 Å². The van der Waals surface area contributed by atoms with Crippen LogP contribution in [0.15, 0.2) is 85.2 Å². The molecule has 148 valence electrons. The molecule has 0 fully saturated rings. The number of carbonyl (C=O) groups excluding carboxylic acids is 2. The minimum absolute atomic E-state index is 0.226. The summed E-state index contributed by atoms with van der Waals surface area (Å²) in [6, 6.07) is 22.3. The Labute approximate surface area is 169 Å². The summed E-state index contributed by atoms with van der Waals surface area (Å²) in [5, 5.41) is 11.1. The molecule has 1 amide bonds. The summed E-state index contributed by atoms with van der Waals surface area (Å²) in [6.07, 6.45) is 3.12. The maximum absolute atomic E-state index is 12.8. The second kappa shape index (κ2) is 10.0. The molecular weight excluding hydrogens is 368 g/mol. The molecule has 2 aromatic carbocycles. The van der Waals surface area contributed by atoms with E-state index in [0.717, 1.165) is 11.1 Å². The van der Waals surface area contributed by atoms with E-state index in [4.69, 9.17) is 4.74 Å². The van der Waals surface area contributed by atoms with Crippen LogP contribution in [0.5, 0.6) is 0 Å². The van der Waals surface area contributed by atoms with E-state index in [0.29, 0.717) is 24.2 Å². The van der Waals surface area contributed by atoms with Gasteiger partial charge in [0.05, 0.1) is 5.56 Å². The minimum atomic E-state index is -0.637. The molecule has 6 heteroatoms. The van der Waals surface area contributed by atoms with Gasteiger partial charge < -0.3 is 14.8 Å². The van der Waals surface area contributed by atoms with Gasteiger partial charge in [0.2, 0.25) is 0 Å². The monoisotopic (exact) mass is 390 g/mol. The molecule has 29 heavy (non-hydrogen) atoms. The highest BCUT2D eigenvalue weighted by Crippen LogP contribution is 2.09. The van der Waals surface area contributed by atoms with Gasteiger partial charge in [0.25, 0.3) is 5.91 Å². The smallest absolute Gasteiger partial charge is 0.339 e. The molecule has 0 aliphatic carbocycles. The van der Waals surface area contributed by atoms with Crippen molar-refractivity contribution in [3.63, 3.8) is 0 Å². The zero-order valence-corrected chi connectivity index (χ0v) is 15.9. The summed E-state index contributed by atoms with van der Waals surface area (Å²) in [7, 11) is 0. The van der Waals surface area contributed by atoms with E-state index in [9.17, 15) is 14.8 Å². The molecular formula is C23H22N2O4. The number of hydrogen-bond acceptors (Lipinski definition) is 4. The molecule has 6 nitrogen and oxygen atoms in total. The molecule has 0 saturated carbocycles. The highest BCUT2D eigenvalue weighted by molar-refractivity contribution is 5.91. The lowest BCUT2D eigenvalue weighted by atomic mass is 10.1. The van der Waals surface area contributed by atoms with E-state index in [2.05, 4.69) is 0 Å². The number of nitrogens with zero attached hydrogens (tertiary/aromatic N) is 2. The van der Waals surface area contributed by atoms with Crippen LogP contribution in [0.25, 0.3) is 0 Å². The highest BCUT2D eigenvalue weighted by Gasteiger charge is 2.17. The number of ether oxygens (including phenoxy) is 1. The summed E-state index contributed by atoms with van der Waals surface area (Å²) >= 11 is 0. The fraction of sp³-hybridized carbons (Fsp3) is 0.174. The lowest BCUT2D eigenvalue weighted by Crippen LogP contribution is -2.36. The largest absolute Gasteiger partial charge is 0.619 e. The first-order chi connectivity index (χ1) is 14.1. The third kappa shape index (κ3) is 6.17. The Kier molecular flexibility index (Phi) is 6.95. The van der Waals surface area contributed by atoms with Gasteiger partial charge in [-0.25, -0.2) is 4.79 Å². The predicted octanol–water partition coefficient (Wildman–Crippen LogP) is 2.75. The van der Waals surface area contributed by atoms with Gasteiger partial charge in [0, 0.05) is 25.2 Å². The molecule has 0 aliphatic rings. The molecule has 1 aromatic heterocycles. The van der Waals surface area contributed by atoms with Crippen LogP contribution in [-0.2, 0) is 22.5 Å². The standard InChI is InChI=1S/C23H22N2O4/c26-22(18-29-23(27)21-12-15-25(28)16-13-21)24(17-20-9-5-2-6-10-20)14-11-19-7-3-1-4-8-19/h1-10,12-13,15-16H,11,14,17-18H2. The number of pyridine rings is 1. The average molecular weight is 390 g/mol. The Hall–Kier alpha value is -3.67. The summed E-state index contributed by atoms with van der Waals surface area (Å²) in [6.45, 7) is 0.592. The first kappa shape index (κ1) is 20.1. The van der Waals surface area contributed by atoms with Gasteiger partial charge in [0.1, 0.15) is 0 Å². The van der Waals surface area contributed by atoms with E-state index >= 15 is 0 Å². The second-order valence-electron chi connectivity index (χ2n) is 6.56. The zero-order chi connectivity index (χ0) is 20.5. The number of esters is 1. The molecule has 0 bridgehead atoms. The quantitative estimate of drug-likeness (QED) is 0.337. The van der Waals surface area contributed by atoms with Crippen molar-refractivity contribution in [1.82, 2.24) is 4.90 Å². The fourth-order valence-electron chi connectivity index (χ4n) is 2.86. The Balaban J connectivity index is 1.62. The fourth-order valence-corrected chi connectivity index (χ4v) is 2.86. The van der Waals surface area contributed by atoms with Crippen LogP contribution < -0.4 is 4.73 Å². The molecule has 0 radical (unpaired) electrons. The first-order valence-corrected chi connectivity index (χ1v) is 9.33. The summed E-state index contributed by atoms with van der Waals surface area (Å²) in [5.41, 5.74) is 2.36. The van der Waals surface area contributed by atoms with E-state index in [1.165, 1.54) is 24.5 Å². The van der Waals surface area contributed by atoms with Gasteiger partial charge in [-0.15, -0.1) is 0 Å². The SMILES string of the molecule is O=C(OCC(=O)N(CCc1ccccc1)Cc1ccccc1)c1cc[n+]([O-])cc1. The van der Waals surface area contributed by atoms with Gasteiger partial charge in [0.15, 0.2) is 19.0 Å². The van der Waals surface area contributed by atoms with Crippen molar-refractivity contribution in [1.29, 1.82) is 0 Å². The molecule has 0 N–H and O–H groups in total. The van der Waals surface area contributed by atoms with Gasteiger partial charge in [-0.1, -0.05) is 60.7 Å². The van der Waals surface area contributed by atoms with Gasteiger partial charge in [-0.05, 0) is 17.5 Å². The summed E-state index contributed by atoms with van der Waals surface area (Å²) < 4.78 is 5.74. The van der Waals surface area contributed by atoms with Gasteiger partial charge >= 0.3 is 5.97 Å². The van der Waals surface area contributed by atoms with Crippen LogP contribution >= 0.6 is 0 Å². The number of rotatable bonds is 8. The van der Waals surface area contributed by atoms with Crippen LogP contribution in [0.4, 0.5) is 0 Å². The van der Waals surface area contributed by atoms with Crippen LogP contribution in [0.3, 0.4) is 0 Å². The van der Waals surface area contributed by atoms with Crippen molar-refractivity contribution in [3.8, 4) is 0 Å². The van der Waals surface area contributed by atoms with Crippen LogP contribution in [0.1, 0.15) is 21.5 Å². The molecule has 1 heterocycles. The zero-order valence-electron chi connectivity index (χ0n) is 15.9. The van der Waals surface area contributed by atoms with Crippen molar-refractivity contribution in [2.24, 2.45) is 0 Å². The van der Waals surface area contributed by atoms with E-state index < -0.39 is 5.97 Å². The number of benzene rings is 2. The molecule has 0 unspecified atom stereocenters. The number of hydrogen-bond donors (Lipinski definition) is 0. The van der Waals surface area contributed by atoms with E-state index in [1.54, 1.807) is 4.90 Å². The van der Waals surface area contributed by atoms with Crippen molar-refractivity contribution in [3.05, 3.63) is 107 Å². The third-order valence-electron chi connectivity index (χ3n) is 4.45. The van der Waals surface area contributed by atoms with Crippen LogP contribution in [-0.4, -0.2) is 29.9 Å². The molecule has 0 aliphatic heterocycles. The molecule has 0 saturated heterocycles. The Morgan fingerprint density at radius 3 is 2.07 bits per heavy atom. The number of aromatic nitrogens is 1. The maximum Gasteiger partial charge on any atom is 0.339 e. The Bertz CT molecular complexity index is 928. The van der Waals surface area contributed by atoms with Gasteiger partial charge in [-0.2, -0.15) is 4.73 Å². The van der Waals surface area contributed by atoms with E-state index in [-0.39, 0.29) is 18.1 Å². The van der Waals surface area contributed by atoms with Crippen molar-refractivity contribution >= 4 is 11.9 Å². The van der Waals surface area contributed by atoms with Gasteiger partial charge in [-0.3, -0.25) is 4.79 Å². The normalized spacial score (nSPS) is 10.3. The summed E-state index contributed by atoms with van der Waals surface area (Å²) in [4.78, 5) is 26.6. The molecule has 3 rings (SSSR count). The average Bonchev–Trinajstić information content (AvgIpc) is 2.76. The van der Waals surface area contributed by atoms with E-state index in [1.807, 2.05) is 60.7 Å². The molecule has 0 atom stereocenters. The Morgan fingerprint density at radius 1 is 0.862 bits per heavy atom. The van der Waals surface area contributed by atoms with Crippen molar-refractivity contribution < 1.29 is 19.1 Å². The van der Waals surface area contributed by atoms with Crippen molar-refractivity contribution in [2.75, 3.05) is 13.2 Å². The maximum atomic E-state index is 12.8. The minimum Gasteiger partial charge on any atom is -0.619 e. The highest BCUT2D eigenvalue weighted by atomic mass is 16.5. The van der Waals surface area contributed by atoms with Crippen molar-refractivity contribution in [2.45, 2.75) is 13.0 Å². The Morgan fingerprint density at radius 2 is 1.45 bits per heavy atom. The lowest BCUT2D eigenvalue weighted by molar-refractivity contribution is -0.605. The molecule has 0 spiro atoms. The first-order valence-electron chi connectivity index (χ1n) is 9.33. The predicted molar refractivity (Wildman–Crippen MR) is 108 cm³/mol. The number of carbonyl (C=O) groups is 2.